The van der Waals surface area contributed by atoms with Crippen molar-refractivity contribution < 1.29 is 0 Å². The lowest BCUT2D eigenvalue weighted by atomic mass is 9.83. The van der Waals surface area contributed by atoms with E-state index in [9.17, 15) is 0 Å². The predicted molar refractivity (Wildman–Crippen MR) is 81.2 cm³/mol. The van der Waals surface area contributed by atoms with E-state index in [1.807, 2.05) is 0 Å². The summed E-state index contributed by atoms with van der Waals surface area (Å²) < 4.78 is 0. The van der Waals surface area contributed by atoms with Crippen molar-refractivity contribution in [2.45, 2.75) is 46.0 Å². The summed E-state index contributed by atoms with van der Waals surface area (Å²) in [6.07, 6.45) is 9.12. The molecule has 0 unspecified atom stereocenters. The molecule has 0 bridgehead atoms. The van der Waals surface area contributed by atoms with Gasteiger partial charge in [0.05, 0.1) is 0 Å². The Bertz CT molecular complexity index is 425. The van der Waals surface area contributed by atoms with Gasteiger partial charge in [0, 0.05) is 5.88 Å². The summed E-state index contributed by atoms with van der Waals surface area (Å²) in [6.45, 7) is 4.38. The molecular formula is C17H23Cl. The SMILES string of the molecule is Cc1cccc(C=C(CCl)C2CCCCC2)c1C. The Labute approximate surface area is 116 Å². The molecule has 0 amide bonds. The molecule has 1 aromatic carbocycles. The van der Waals surface area contributed by atoms with Gasteiger partial charge < -0.3 is 0 Å². The summed E-state index contributed by atoms with van der Waals surface area (Å²) in [5.74, 6) is 1.40. The maximum atomic E-state index is 6.17. The minimum Gasteiger partial charge on any atom is -0.122 e. The van der Waals surface area contributed by atoms with Gasteiger partial charge in [-0.3, -0.25) is 0 Å². The van der Waals surface area contributed by atoms with Crippen molar-refractivity contribution >= 4 is 17.7 Å². The van der Waals surface area contributed by atoms with Gasteiger partial charge in [-0.25, -0.2) is 0 Å². The Hall–Kier alpha value is -0.750. The van der Waals surface area contributed by atoms with Crippen LogP contribution in [0.4, 0.5) is 0 Å². The van der Waals surface area contributed by atoms with Gasteiger partial charge in [-0.05, 0) is 49.3 Å². The van der Waals surface area contributed by atoms with E-state index in [1.54, 1.807) is 0 Å². The lowest BCUT2D eigenvalue weighted by Crippen LogP contribution is -2.10. The fraction of sp³-hybridized carbons (Fsp3) is 0.529. The van der Waals surface area contributed by atoms with Gasteiger partial charge in [0.1, 0.15) is 0 Å². The predicted octanol–water partition coefficient (Wildman–Crippen LogP) is 5.51. The van der Waals surface area contributed by atoms with Crippen LogP contribution < -0.4 is 0 Å². The third-order valence-corrected chi connectivity index (χ3v) is 4.58. The molecule has 0 aliphatic heterocycles. The molecule has 0 spiro atoms. The summed E-state index contributed by atoms with van der Waals surface area (Å²) in [5.41, 5.74) is 5.53. The summed E-state index contributed by atoms with van der Waals surface area (Å²) in [7, 11) is 0. The average molecular weight is 263 g/mol. The highest BCUT2D eigenvalue weighted by Crippen LogP contribution is 2.32. The minimum atomic E-state index is 0.679. The van der Waals surface area contributed by atoms with Crippen LogP contribution in [0.1, 0.15) is 48.8 Å². The standard InChI is InChI=1S/C17H23Cl/c1-13-7-6-10-16(14(13)2)11-17(12-18)15-8-4-3-5-9-15/h6-7,10-11,15H,3-5,8-9,12H2,1-2H3. The van der Waals surface area contributed by atoms with E-state index in [0.29, 0.717) is 5.88 Å². The lowest BCUT2D eigenvalue weighted by Gasteiger charge is -2.23. The average Bonchev–Trinajstić information content (AvgIpc) is 2.41. The number of benzene rings is 1. The maximum absolute atomic E-state index is 6.17. The molecule has 0 aromatic heterocycles. The van der Waals surface area contributed by atoms with Crippen molar-refractivity contribution in [3.8, 4) is 0 Å². The van der Waals surface area contributed by atoms with E-state index >= 15 is 0 Å². The molecule has 1 saturated carbocycles. The molecule has 18 heavy (non-hydrogen) atoms. The van der Waals surface area contributed by atoms with E-state index in [0.717, 1.165) is 5.92 Å². The number of alkyl halides is 1. The van der Waals surface area contributed by atoms with Crippen LogP contribution in [-0.4, -0.2) is 5.88 Å². The van der Waals surface area contributed by atoms with Crippen molar-refractivity contribution in [3.63, 3.8) is 0 Å². The topological polar surface area (TPSA) is 0 Å². The Morgan fingerprint density at radius 1 is 1.22 bits per heavy atom. The number of halogens is 1. The Balaban J connectivity index is 2.25. The first kappa shape index (κ1) is 13.7. The van der Waals surface area contributed by atoms with Crippen LogP contribution in [0.15, 0.2) is 23.8 Å². The fourth-order valence-electron chi connectivity index (χ4n) is 2.87. The second kappa shape index (κ2) is 6.43. The first-order valence-corrected chi connectivity index (χ1v) is 7.58. The molecule has 0 nitrogen and oxygen atoms in total. The number of allylic oxidation sites excluding steroid dienone is 1. The molecule has 0 heterocycles. The lowest BCUT2D eigenvalue weighted by molar-refractivity contribution is 0.405. The van der Waals surface area contributed by atoms with Crippen molar-refractivity contribution in [1.29, 1.82) is 0 Å². The third kappa shape index (κ3) is 3.17. The third-order valence-electron chi connectivity index (χ3n) is 4.27. The van der Waals surface area contributed by atoms with Crippen molar-refractivity contribution in [2.24, 2.45) is 5.92 Å². The monoisotopic (exact) mass is 262 g/mol. The van der Waals surface area contributed by atoms with Crippen molar-refractivity contribution in [2.75, 3.05) is 5.88 Å². The quantitative estimate of drug-likeness (QED) is 0.631. The zero-order valence-electron chi connectivity index (χ0n) is 11.5. The number of hydrogen-bond donors (Lipinski definition) is 0. The Morgan fingerprint density at radius 2 is 1.94 bits per heavy atom. The molecule has 1 aliphatic carbocycles. The van der Waals surface area contributed by atoms with Gasteiger partial charge in [-0.2, -0.15) is 0 Å². The molecular weight excluding hydrogens is 240 g/mol. The van der Waals surface area contributed by atoms with E-state index < -0.39 is 0 Å². The van der Waals surface area contributed by atoms with E-state index in [4.69, 9.17) is 11.6 Å². The van der Waals surface area contributed by atoms with Crippen LogP contribution >= 0.6 is 11.6 Å². The molecule has 1 heteroatoms. The highest BCUT2D eigenvalue weighted by molar-refractivity contribution is 6.19. The largest absolute Gasteiger partial charge is 0.122 e. The molecule has 0 saturated heterocycles. The summed E-state index contributed by atoms with van der Waals surface area (Å²) in [5, 5.41) is 0. The molecule has 0 radical (unpaired) electrons. The van der Waals surface area contributed by atoms with Gasteiger partial charge in [0.15, 0.2) is 0 Å². The van der Waals surface area contributed by atoms with Gasteiger partial charge >= 0.3 is 0 Å². The molecule has 1 aromatic rings. The molecule has 0 N–H and O–H groups in total. The molecule has 1 aliphatic rings. The molecule has 2 rings (SSSR count). The summed E-state index contributed by atoms with van der Waals surface area (Å²) in [6, 6.07) is 6.52. The van der Waals surface area contributed by atoms with Crippen LogP contribution in [0.3, 0.4) is 0 Å². The number of rotatable bonds is 3. The van der Waals surface area contributed by atoms with Gasteiger partial charge in [-0.1, -0.05) is 49.1 Å². The van der Waals surface area contributed by atoms with Gasteiger partial charge in [0.2, 0.25) is 0 Å². The van der Waals surface area contributed by atoms with Crippen LogP contribution in [0, 0.1) is 19.8 Å². The van der Waals surface area contributed by atoms with Crippen LogP contribution in [0.2, 0.25) is 0 Å². The molecule has 98 valence electrons. The van der Waals surface area contributed by atoms with Gasteiger partial charge in [-0.15, -0.1) is 11.6 Å². The highest BCUT2D eigenvalue weighted by Gasteiger charge is 2.17. The smallest absolute Gasteiger partial charge is 0.0439 e. The first-order valence-electron chi connectivity index (χ1n) is 7.05. The molecule has 1 fully saturated rings. The van der Waals surface area contributed by atoms with E-state index in [2.05, 4.69) is 38.1 Å². The zero-order chi connectivity index (χ0) is 13.0. The van der Waals surface area contributed by atoms with Crippen LogP contribution in [-0.2, 0) is 0 Å². The van der Waals surface area contributed by atoms with Crippen molar-refractivity contribution in [3.05, 3.63) is 40.5 Å². The fourth-order valence-corrected chi connectivity index (χ4v) is 3.16. The maximum Gasteiger partial charge on any atom is 0.0439 e. The molecule has 0 atom stereocenters. The second-order valence-electron chi connectivity index (χ2n) is 5.48. The Morgan fingerprint density at radius 3 is 2.61 bits per heavy atom. The number of aryl methyl sites for hydroxylation is 1. The van der Waals surface area contributed by atoms with Gasteiger partial charge in [0.25, 0.3) is 0 Å². The minimum absolute atomic E-state index is 0.679. The number of hydrogen-bond acceptors (Lipinski definition) is 0. The first-order chi connectivity index (χ1) is 8.72. The van der Waals surface area contributed by atoms with E-state index in [1.165, 1.54) is 54.4 Å². The second-order valence-corrected chi connectivity index (χ2v) is 5.74. The summed E-state index contributed by atoms with van der Waals surface area (Å²) >= 11 is 6.17. The van der Waals surface area contributed by atoms with Crippen LogP contribution in [0.5, 0.6) is 0 Å². The highest BCUT2D eigenvalue weighted by atomic mass is 35.5. The summed E-state index contributed by atoms with van der Waals surface area (Å²) in [4.78, 5) is 0. The van der Waals surface area contributed by atoms with Crippen LogP contribution in [0.25, 0.3) is 6.08 Å². The Kier molecular flexibility index (Phi) is 4.88. The van der Waals surface area contributed by atoms with Crippen molar-refractivity contribution in [1.82, 2.24) is 0 Å². The normalized spacial score (nSPS) is 18.1. The van der Waals surface area contributed by atoms with E-state index in [-0.39, 0.29) is 0 Å². The zero-order valence-corrected chi connectivity index (χ0v) is 12.3.